The smallest absolute Gasteiger partial charge is 0.423 e. The summed E-state index contributed by atoms with van der Waals surface area (Å²) in [5.41, 5.74) is 6.85. The summed E-state index contributed by atoms with van der Waals surface area (Å²) in [4.78, 5) is 0. The van der Waals surface area contributed by atoms with Crippen molar-refractivity contribution in [3.8, 4) is 0 Å². The van der Waals surface area contributed by atoms with Crippen LogP contribution < -0.4 is 16.7 Å². The van der Waals surface area contributed by atoms with Crippen LogP contribution in [0.2, 0.25) is 0 Å². The van der Waals surface area contributed by atoms with E-state index in [0.29, 0.717) is 16.6 Å². The van der Waals surface area contributed by atoms with Crippen LogP contribution in [0.15, 0.2) is 54.6 Å². The first kappa shape index (κ1) is 18.2. The van der Waals surface area contributed by atoms with E-state index in [-0.39, 0.29) is 7.43 Å². The van der Waals surface area contributed by atoms with Crippen molar-refractivity contribution in [3.05, 3.63) is 54.6 Å². The zero-order valence-corrected chi connectivity index (χ0v) is 10.2. The predicted octanol–water partition coefficient (Wildman–Crippen LogP) is -1.05. The van der Waals surface area contributed by atoms with Crippen LogP contribution in [-0.2, 0) is 0 Å². The highest BCUT2D eigenvalue weighted by Crippen LogP contribution is 1.96. The van der Waals surface area contributed by atoms with Crippen molar-refractivity contribution >= 4 is 30.8 Å². The molecule has 0 fully saturated rings. The minimum Gasteiger partial charge on any atom is -0.423 e. The Hall–Kier alpha value is -1.79. The van der Waals surface area contributed by atoms with E-state index in [0.717, 1.165) is 0 Å². The maximum Gasteiger partial charge on any atom is 0.488 e. The van der Waals surface area contributed by atoms with Gasteiger partial charge in [0.25, 0.3) is 0 Å². The monoisotopic (exact) mass is 275 g/mol. The molecule has 0 aliphatic carbocycles. The molecule has 0 saturated heterocycles. The molecule has 6 N–H and O–H groups in total. The molecule has 0 heterocycles. The number of nitrogens with two attached hydrogens (primary N) is 1. The van der Waals surface area contributed by atoms with Gasteiger partial charge in [0, 0.05) is 5.69 Å². The maximum atomic E-state index is 8.65. The summed E-state index contributed by atoms with van der Waals surface area (Å²) in [6, 6.07) is 15.1. The maximum absolute atomic E-state index is 8.65. The van der Waals surface area contributed by atoms with Crippen molar-refractivity contribution < 1.29 is 20.1 Å². The molecule has 2 aromatic carbocycles. The highest BCUT2D eigenvalue weighted by molar-refractivity contribution is 6.59. The van der Waals surface area contributed by atoms with Crippen LogP contribution in [0.1, 0.15) is 7.43 Å². The van der Waals surface area contributed by atoms with Gasteiger partial charge in [0.05, 0.1) is 0 Å². The molecule has 106 valence electrons. The van der Waals surface area contributed by atoms with Crippen LogP contribution in [0.25, 0.3) is 0 Å². The quantitative estimate of drug-likeness (QED) is 0.355. The number of rotatable bonds is 2. The van der Waals surface area contributed by atoms with Crippen molar-refractivity contribution in [1.82, 2.24) is 0 Å². The number of nitrogen functional groups attached to an aromatic ring is 1. The van der Waals surface area contributed by atoms with Crippen LogP contribution in [0.4, 0.5) is 5.69 Å². The van der Waals surface area contributed by atoms with Gasteiger partial charge < -0.3 is 25.8 Å². The van der Waals surface area contributed by atoms with E-state index in [1.54, 1.807) is 42.5 Å². The number of hydrogen-bond acceptors (Lipinski definition) is 5. The fourth-order valence-corrected chi connectivity index (χ4v) is 1.34. The van der Waals surface area contributed by atoms with Gasteiger partial charge in [0.2, 0.25) is 0 Å². The fraction of sp³-hybridized carbons (Fsp3) is 0.0769. The van der Waals surface area contributed by atoms with Crippen LogP contribution in [0, 0.1) is 0 Å². The van der Waals surface area contributed by atoms with Crippen molar-refractivity contribution in [2.45, 2.75) is 7.43 Å². The first-order valence-electron chi connectivity index (χ1n) is 5.63. The molecule has 0 amide bonds. The molecule has 0 bridgehead atoms. The average Bonchev–Trinajstić information content (AvgIpc) is 2.40. The van der Waals surface area contributed by atoms with E-state index in [9.17, 15) is 0 Å². The second kappa shape index (κ2) is 9.17. The van der Waals surface area contributed by atoms with Crippen LogP contribution in [0.3, 0.4) is 0 Å². The van der Waals surface area contributed by atoms with Gasteiger partial charge in [-0.3, -0.25) is 0 Å². The molecule has 0 aliphatic rings. The van der Waals surface area contributed by atoms with Crippen LogP contribution >= 0.6 is 0 Å². The van der Waals surface area contributed by atoms with Gasteiger partial charge in [-0.15, -0.1) is 0 Å². The van der Waals surface area contributed by atoms with E-state index >= 15 is 0 Å². The number of anilines is 1. The topological polar surface area (TPSA) is 107 Å². The predicted molar refractivity (Wildman–Crippen MR) is 83.7 cm³/mol. The molecule has 0 atom stereocenters. The lowest BCUT2D eigenvalue weighted by Crippen LogP contribution is -2.29. The van der Waals surface area contributed by atoms with E-state index in [1.807, 2.05) is 6.07 Å². The number of hydrogen-bond donors (Lipinski definition) is 5. The molecule has 0 aromatic heterocycles. The molecule has 0 spiro atoms. The Balaban J connectivity index is 0.000000345. The lowest BCUT2D eigenvalue weighted by molar-refractivity contribution is 0.424. The van der Waals surface area contributed by atoms with Crippen LogP contribution in [0.5, 0.6) is 0 Å². The zero-order chi connectivity index (χ0) is 14.3. The Kier molecular flexibility index (Phi) is 8.35. The van der Waals surface area contributed by atoms with E-state index < -0.39 is 14.2 Å². The van der Waals surface area contributed by atoms with Crippen molar-refractivity contribution in [2.75, 3.05) is 5.73 Å². The standard InChI is InChI=1S/C6H8BNO2.C6H7BO2.CH4/c8-6-3-1-2-5(4-6)7(9)10;8-7(9)6-4-2-1-3-5-6;/h1-4,9-10H,8H2;1-5,8-9H;1H4. The van der Waals surface area contributed by atoms with Gasteiger partial charge in [-0.1, -0.05) is 49.9 Å². The average molecular weight is 275 g/mol. The second-order valence-corrected chi connectivity index (χ2v) is 3.83. The molecular formula is C13H19B2NO4. The van der Waals surface area contributed by atoms with E-state index in [2.05, 4.69) is 0 Å². The lowest BCUT2D eigenvalue weighted by atomic mass is 9.80. The third-order valence-electron chi connectivity index (χ3n) is 2.31. The number of benzene rings is 2. The Bertz CT molecular complexity index is 495. The molecule has 20 heavy (non-hydrogen) atoms. The van der Waals surface area contributed by atoms with Gasteiger partial charge in [-0.25, -0.2) is 0 Å². The highest BCUT2D eigenvalue weighted by atomic mass is 16.4. The minimum atomic E-state index is -1.43. The normalized spacial score (nSPS) is 8.80. The van der Waals surface area contributed by atoms with Crippen LogP contribution in [-0.4, -0.2) is 34.3 Å². The second-order valence-electron chi connectivity index (χ2n) is 3.83. The van der Waals surface area contributed by atoms with E-state index in [1.165, 1.54) is 6.07 Å². The summed E-state index contributed by atoms with van der Waals surface area (Å²) < 4.78 is 0. The molecule has 0 radical (unpaired) electrons. The Morgan fingerprint density at radius 3 is 1.55 bits per heavy atom. The minimum absolute atomic E-state index is 0. The highest BCUT2D eigenvalue weighted by Gasteiger charge is 2.09. The van der Waals surface area contributed by atoms with Gasteiger partial charge >= 0.3 is 14.2 Å². The van der Waals surface area contributed by atoms with Gasteiger partial charge in [-0.2, -0.15) is 0 Å². The van der Waals surface area contributed by atoms with Gasteiger partial charge in [0.15, 0.2) is 0 Å². The fourth-order valence-electron chi connectivity index (χ4n) is 1.34. The molecule has 2 aromatic rings. The molecule has 0 aliphatic heterocycles. The van der Waals surface area contributed by atoms with Crippen molar-refractivity contribution in [2.24, 2.45) is 0 Å². The third kappa shape index (κ3) is 6.40. The summed E-state index contributed by atoms with van der Waals surface area (Å²) in [6.45, 7) is 0. The third-order valence-corrected chi connectivity index (χ3v) is 2.31. The van der Waals surface area contributed by atoms with E-state index in [4.69, 9.17) is 25.8 Å². The Labute approximate surface area is 119 Å². The summed E-state index contributed by atoms with van der Waals surface area (Å²) in [6.07, 6.45) is 0. The summed E-state index contributed by atoms with van der Waals surface area (Å²) in [7, 11) is -2.77. The summed E-state index contributed by atoms with van der Waals surface area (Å²) >= 11 is 0. The molecular weight excluding hydrogens is 256 g/mol. The largest absolute Gasteiger partial charge is 0.488 e. The SMILES string of the molecule is C.Nc1cccc(B(O)O)c1.OB(O)c1ccccc1. The molecule has 0 saturated carbocycles. The summed E-state index contributed by atoms with van der Waals surface area (Å²) in [5.74, 6) is 0. The zero-order valence-electron chi connectivity index (χ0n) is 10.2. The molecule has 2 rings (SSSR count). The molecule has 5 nitrogen and oxygen atoms in total. The van der Waals surface area contributed by atoms with Crippen molar-refractivity contribution in [3.63, 3.8) is 0 Å². The lowest BCUT2D eigenvalue weighted by Gasteiger charge is -1.98. The van der Waals surface area contributed by atoms with Gasteiger partial charge in [-0.05, 0) is 23.1 Å². The molecule has 0 unspecified atom stereocenters. The first-order valence-corrected chi connectivity index (χ1v) is 5.63. The summed E-state index contributed by atoms with van der Waals surface area (Å²) in [5, 5.41) is 34.5. The first-order chi connectivity index (χ1) is 9.00. The van der Waals surface area contributed by atoms with Crippen molar-refractivity contribution in [1.29, 1.82) is 0 Å². The Morgan fingerprint density at radius 2 is 1.20 bits per heavy atom. The molecule has 7 heteroatoms. The van der Waals surface area contributed by atoms with Gasteiger partial charge in [0.1, 0.15) is 0 Å². The Morgan fingerprint density at radius 1 is 0.700 bits per heavy atom.